The molecular weight excluding hydrogens is 284 g/mol. The first kappa shape index (κ1) is 15.6. The van der Waals surface area contributed by atoms with Crippen molar-refractivity contribution in [2.24, 2.45) is 0 Å². The number of fused-ring (bicyclic) bond motifs is 1. The number of hydrogen-bond donors (Lipinski definition) is 2. The molecular formula is C20H24N2O. The summed E-state index contributed by atoms with van der Waals surface area (Å²) in [6.07, 6.45) is 3.20. The third-order valence-corrected chi connectivity index (χ3v) is 4.27. The quantitative estimate of drug-likeness (QED) is 0.682. The Morgan fingerprint density at radius 2 is 1.91 bits per heavy atom. The van der Waals surface area contributed by atoms with Gasteiger partial charge < -0.3 is 15.0 Å². The van der Waals surface area contributed by atoms with Crippen molar-refractivity contribution in [1.82, 2.24) is 10.3 Å². The highest BCUT2D eigenvalue weighted by molar-refractivity contribution is 5.89. The van der Waals surface area contributed by atoms with Gasteiger partial charge in [0, 0.05) is 17.5 Å². The number of aromatic amines is 1. The van der Waals surface area contributed by atoms with Gasteiger partial charge in [-0.1, -0.05) is 42.5 Å². The van der Waals surface area contributed by atoms with E-state index in [1.807, 2.05) is 20.0 Å². The van der Waals surface area contributed by atoms with Crippen LogP contribution in [0, 0.1) is 0 Å². The molecule has 2 aromatic carbocycles. The van der Waals surface area contributed by atoms with Crippen LogP contribution in [-0.4, -0.2) is 25.2 Å². The van der Waals surface area contributed by atoms with E-state index in [4.69, 9.17) is 4.74 Å². The highest BCUT2D eigenvalue weighted by Crippen LogP contribution is 2.36. The van der Waals surface area contributed by atoms with Gasteiger partial charge in [-0.2, -0.15) is 0 Å². The van der Waals surface area contributed by atoms with Crippen LogP contribution in [0.3, 0.4) is 0 Å². The maximum Gasteiger partial charge on any atom is 0.143 e. The summed E-state index contributed by atoms with van der Waals surface area (Å²) in [5.41, 5.74) is 3.78. The van der Waals surface area contributed by atoms with Crippen molar-refractivity contribution >= 4 is 10.9 Å². The molecule has 0 aliphatic heterocycles. The predicted molar refractivity (Wildman–Crippen MR) is 96.3 cm³/mol. The van der Waals surface area contributed by atoms with Crippen LogP contribution in [-0.2, 0) is 0 Å². The van der Waals surface area contributed by atoms with Crippen LogP contribution in [0.5, 0.6) is 5.75 Å². The lowest BCUT2D eigenvalue weighted by Crippen LogP contribution is -2.13. The predicted octanol–water partition coefficient (Wildman–Crippen LogP) is 4.31. The van der Waals surface area contributed by atoms with Gasteiger partial charge in [0.25, 0.3) is 0 Å². The van der Waals surface area contributed by atoms with Crippen LogP contribution in [0.2, 0.25) is 0 Å². The highest BCUT2D eigenvalue weighted by atomic mass is 16.5. The lowest BCUT2D eigenvalue weighted by atomic mass is 9.88. The van der Waals surface area contributed by atoms with Crippen molar-refractivity contribution < 1.29 is 4.74 Å². The van der Waals surface area contributed by atoms with E-state index in [2.05, 4.69) is 59.0 Å². The first-order chi connectivity index (χ1) is 11.3. The molecule has 0 bridgehead atoms. The van der Waals surface area contributed by atoms with Crippen LogP contribution in [0.15, 0.2) is 54.7 Å². The van der Waals surface area contributed by atoms with E-state index in [-0.39, 0.29) is 0 Å². The van der Waals surface area contributed by atoms with Crippen LogP contribution in [0.25, 0.3) is 10.9 Å². The van der Waals surface area contributed by atoms with Gasteiger partial charge in [0.05, 0.1) is 12.1 Å². The molecule has 3 aromatic rings. The first-order valence-electron chi connectivity index (χ1n) is 8.27. The van der Waals surface area contributed by atoms with E-state index in [9.17, 15) is 0 Å². The van der Waals surface area contributed by atoms with Crippen LogP contribution in [0.4, 0.5) is 0 Å². The van der Waals surface area contributed by atoms with Gasteiger partial charge in [0.1, 0.15) is 5.75 Å². The zero-order valence-corrected chi connectivity index (χ0v) is 13.8. The molecule has 3 rings (SSSR count). The lowest BCUT2D eigenvalue weighted by Gasteiger charge is -2.17. The number of benzene rings is 2. The molecule has 0 amide bonds. The van der Waals surface area contributed by atoms with Gasteiger partial charge in [0.2, 0.25) is 0 Å². The first-order valence-corrected chi connectivity index (χ1v) is 8.27. The Labute approximate surface area is 137 Å². The minimum Gasteiger partial charge on any atom is -0.492 e. The molecule has 0 radical (unpaired) electrons. The topological polar surface area (TPSA) is 37.0 Å². The van der Waals surface area contributed by atoms with Crippen molar-refractivity contribution in [2.45, 2.75) is 19.3 Å². The SMILES string of the molecule is CCOc1cccc2c(C(CCNC)c3ccccc3)c[nH]c12. The Hall–Kier alpha value is -2.26. The van der Waals surface area contributed by atoms with Gasteiger partial charge in [-0.25, -0.2) is 0 Å². The Morgan fingerprint density at radius 1 is 1.09 bits per heavy atom. The average molecular weight is 308 g/mol. The largest absolute Gasteiger partial charge is 0.492 e. The minimum atomic E-state index is 0.370. The Balaban J connectivity index is 2.06. The van der Waals surface area contributed by atoms with Crippen LogP contribution in [0.1, 0.15) is 30.4 Å². The van der Waals surface area contributed by atoms with Gasteiger partial charge in [-0.3, -0.25) is 0 Å². The average Bonchev–Trinajstić information content (AvgIpc) is 3.02. The lowest BCUT2D eigenvalue weighted by molar-refractivity contribution is 0.344. The molecule has 0 fully saturated rings. The number of hydrogen-bond acceptors (Lipinski definition) is 2. The molecule has 3 nitrogen and oxygen atoms in total. The van der Waals surface area contributed by atoms with Crippen molar-refractivity contribution in [3.05, 3.63) is 65.9 Å². The Bertz CT molecular complexity index is 749. The Kier molecular flexibility index (Phi) is 4.99. The van der Waals surface area contributed by atoms with E-state index in [0.717, 1.165) is 24.2 Å². The van der Waals surface area contributed by atoms with E-state index < -0.39 is 0 Å². The van der Waals surface area contributed by atoms with Gasteiger partial charge in [0.15, 0.2) is 0 Å². The maximum absolute atomic E-state index is 5.76. The van der Waals surface area contributed by atoms with Gasteiger partial charge >= 0.3 is 0 Å². The van der Waals surface area contributed by atoms with E-state index >= 15 is 0 Å². The fourth-order valence-electron chi connectivity index (χ4n) is 3.19. The number of para-hydroxylation sites is 1. The summed E-state index contributed by atoms with van der Waals surface area (Å²) in [4.78, 5) is 3.42. The van der Waals surface area contributed by atoms with E-state index in [1.165, 1.54) is 16.5 Å². The molecule has 0 spiro atoms. The molecule has 1 heterocycles. The third kappa shape index (κ3) is 3.25. The van der Waals surface area contributed by atoms with E-state index in [1.54, 1.807) is 0 Å². The van der Waals surface area contributed by atoms with Crippen molar-refractivity contribution in [3.8, 4) is 5.75 Å². The summed E-state index contributed by atoms with van der Waals surface area (Å²) in [6, 6.07) is 17.0. The highest BCUT2D eigenvalue weighted by Gasteiger charge is 2.18. The number of aromatic nitrogens is 1. The molecule has 0 saturated heterocycles. The summed E-state index contributed by atoms with van der Waals surface area (Å²) in [5.74, 6) is 1.30. The molecule has 2 N–H and O–H groups in total. The fourth-order valence-corrected chi connectivity index (χ4v) is 3.19. The maximum atomic E-state index is 5.76. The number of nitrogens with one attached hydrogen (secondary N) is 2. The summed E-state index contributed by atoms with van der Waals surface area (Å²) in [7, 11) is 2.00. The fraction of sp³-hybridized carbons (Fsp3) is 0.300. The number of H-pyrrole nitrogens is 1. The molecule has 0 saturated carbocycles. The van der Waals surface area contributed by atoms with Crippen molar-refractivity contribution in [1.29, 1.82) is 0 Å². The summed E-state index contributed by atoms with van der Waals surface area (Å²) in [5, 5.41) is 4.53. The molecule has 23 heavy (non-hydrogen) atoms. The minimum absolute atomic E-state index is 0.370. The summed E-state index contributed by atoms with van der Waals surface area (Å²) in [6.45, 7) is 3.68. The summed E-state index contributed by atoms with van der Waals surface area (Å²) < 4.78 is 5.76. The Morgan fingerprint density at radius 3 is 2.65 bits per heavy atom. The number of ether oxygens (including phenoxy) is 1. The standard InChI is InChI=1S/C20H24N2O/c1-3-23-19-11-7-10-17-18(14-22-20(17)19)16(12-13-21-2)15-8-5-4-6-9-15/h4-11,14,16,21-22H,3,12-13H2,1-2H3. The zero-order chi connectivity index (χ0) is 16.1. The van der Waals surface area contributed by atoms with Gasteiger partial charge in [-0.05, 0) is 44.1 Å². The molecule has 1 unspecified atom stereocenters. The van der Waals surface area contributed by atoms with Crippen molar-refractivity contribution in [3.63, 3.8) is 0 Å². The monoisotopic (exact) mass is 308 g/mol. The number of rotatable bonds is 7. The smallest absolute Gasteiger partial charge is 0.143 e. The van der Waals surface area contributed by atoms with Crippen LogP contribution < -0.4 is 10.1 Å². The molecule has 0 aliphatic rings. The normalized spacial score (nSPS) is 12.4. The van der Waals surface area contributed by atoms with Crippen molar-refractivity contribution in [2.75, 3.05) is 20.2 Å². The summed E-state index contributed by atoms with van der Waals surface area (Å²) >= 11 is 0. The van der Waals surface area contributed by atoms with Crippen LogP contribution >= 0.6 is 0 Å². The molecule has 3 heteroatoms. The second-order valence-electron chi connectivity index (χ2n) is 5.71. The second-order valence-corrected chi connectivity index (χ2v) is 5.71. The third-order valence-electron chi connectivity index (χ3n) is 4.27. The van der Waals surface area contributed by atoms with Gasteiger partial charge in [-0.15, -0.1) is 0 Å². The molecule has 1 aromatic heterocycles. The zero-order valence-electron chi connectivity index (χ0n) is 13.8. The molecule has 0 aliphatic carbocycles. The van der Waals surface area contributed by atoms with E-state index in [0.29, 0.717) is 12.5 Å². The molecule has 120 valence electrons. The second kappa shape index (κ2) is 7.34. The molecule has 1 atom stereocenters.